The van der Waals surface area contributed by atoms with Crippen LogP contribution in [0, 0.1) is 0 Å². The highest BCUT2D eigenvalue weighted by Gasteiger charge is 2.25. The number of carbonyl (C=O) groups excluding carboxylic acids is 2. The molecule has 7 rings (SSSR count). The number of carboxylic acids is 2. The van der Waals surface area contributed by atoms with Gasteiger partial charge in [0.05, 0.1) is 22.5 Å². The molecule has 0 aliphatic heterocycles. The predicted octanol–water partition coefficient (Wildman–Crippen LogP) is 7.73. The Morgan fingerprint density at radius 1 is 0.508 bits per heavy atom. The van der Waals surface area contributed by atoms with E-state index in [0.29, 0.717) is 0 Å². The average molecular weight is 922 g/mol. The molecule has 1 aromatic heterocycles. The number of aromatic nitrogens is 1. The van der Waals surface area contributed by atoms with Crippen LogP contribution in [0.5, 0.6) is 17.2 Å². The second-order valence-corrected chi connectivity index (χ2v) is 16.4. The van der Waals surface area contributed by atoms with Gasteiger partial charge in [0, 0.05) is 34.3 Å². The quantitative estimate of drug-likeness (QED) is 0.0418. The number of nitrogens with zero attached hydrogens (tertiary/aromatic N) is 5. The summed E-state index contributed by atoms with van der Waals surface area (Å²) in [5.74, 6) is -6.56. The number of hydrogen-bond acceptors (Lipinski definition) is 16. The average Bonchev–Trinajstić information content (AvgIpc) is 3.24. The van der Waals surface area contributed by atoms with E-state index >= 15 is 0 Å². The number of nitrogens with one attached hydrogen (secondary N) is 2. The van der Waals surface area contributed by atoms with Crippen LogP contribution in [0.15, 0.2) is 139 Å². The minimum absolute atomic E-state index is 0.0113. The van der Waals surface area contributed by atoms with Gasteiger partial charge in [0.1, 0.15) is 38.3 Å². The lowest BCUT2D eigenvalue weighted by molar-refractivity contribution is 0.0686. The van der Waals surface area contributed by atoms with Crippen molar-refractivity contribution in [3.8, 4) is 17.2 Å². The van der Waals surface area contributed by atoms with Crippen molar-refractivity contribution in [1.82, 2.24) is 4.98 Å². The number of carbonyl (C=O) groups is 4. The molecule has 0 saturated heterocycles. The zero-order valence-corrected chi connectivity index (χ0v) is 34.0. The molecular formula is C41H27N7O15S2. The Labute approximate surface area is 364 Å². The molecule has 0 bridgehead atoms. The van der Waals surface area contributed by atoms with Crippen molar-refractivity contribution < 1.29 is 70.7 Å². The molecule has 2 amide bonds. The number of pyridine rings is 1. The van der Waals surface area contributed by atoms with Crippen LogP contribution in [0.4, 0.5) is 34.1 Å². The molecule has 1 heterocycles. The van der Waals surface area contributed by atoms with Crippen molar-refractivity contribution in [3.05, 3.63) is 132 Å². The third kappa shape index (κ3) is 9.69. The highest BCUT2D eigenvalue weighted by Crippen LogP contribution is 2.43. The number of phenols is 2. The molecule has 0 radical (unpaired) electrons. The van der Waals surface area contributed by atoms with Crippen LogP contribution in [-0.4, -0.2) is 80.2 Å². The Balaban J connectivity index is 1.13. The van der Waals surface area contributed by atoms with Gasteiger partial charge in [0.2, 0.25) is 0 Å². The summed E-state index contributed by atoms with van der Waals surface area (Å²) in [7, 11) is -10.1. The summed E-state index contributed by atoms with van der Waals surface area (Å²) in [6.07, 6.45) is 0. The fourth-order valence-electron chi connectivity index (χ4n) is 6.20. The first-order valence-corrected chi connectivity index (χ1v) is 20.9. The summed E-state index contributed by atoms with van der Waals surface area (Å²) in [5.41, 5.74) is -2.68. The van der Waals surface area contributed by atoms with Gasteiger partial charge in [-0.25, -0.2) is 14.6 Å². The van der Waals surface area contributed by atoms with Gasteiger partial charge in [-0.3, -0.25) is 18.7 Å². The fourth-order valence-corrected chi connectivity index (χ4v) is 7.52. The first kappa shape index (κ1) is 44.3. The van der Waals surface area contributed by atoms with Crippen LogP contribution in [-0.2, 0) is 20.2 Å². The van der Waals surface area contributed by atoms with E-state index in [9.17, 15) is 70.7 Å². The largest absolute Gasteiger partial charge is 0.508 e. The van der Waals surface area contributed by atoms with Gasteiger partial charge in [-0.15, -0.1) is 10.2 Å². The molecule has 0 fully saturated rings. The van der Waals surface area contributed by atoms with E-state index in [0.717, 1.165) is 36.4 Å². The zero-order chi connectivity index (χ0) is 47.0. The molecule has 0 aliphatic rings. The predicted molar refractivity (Wildman–Crippen MR) is 228 cm³/mol. The van der Waals surface area contributed by atoms with Crippen molar-refractivity contribution in [2.45, 2.75) is 9.79 Å². The van der Waals surface area contributed by atoms with Crippen LogP contribution >= 0.6 is 0 Å². The van der Waals surface area contributed by atoms with Crippen LogP contribution in [0.3, 0.4) is 0 Å². The van der Waals surface area contributed by atoms with Gasteiger partial charge < -0.3 is 36.2 Å². The van der Waals surface area contributed by atoms with E-state index in [1.54, 1.807) is 0 Å². The Morgan fingerprint density at radius 3 is 1.28 bits per heavy atom. The number of benzene rings is 6. The highest BCUT2D eigenvalue weighted by molar-refractivity contribution is 7.86. The maximum absolute atomic E-state index is 13.4. The number of azo groups is 2. The molecule has 65 heavy (non-hydrogen) atoms. The Kier molecular flexibility index (Phi) is 11.7. The first-order valence-electron chi connectivity index (χ1n) is 18.0. The standard InChI is InChI=1S/C41H27N7O15S2/c49-27-17-30(38(52)42-23-7-9-28-21(13-23)15-32(64(58,59)60)34(36(28)50)47-45-25-5-1-3-19(11-25)40(54)55)44-31(18-27)39(53)43-24-8-10-29-22(14-24)16-33(65(61,62)63)35(37(29)51)48-46-26-6-2-4-20(12-26)41(56)57/h1-18,50-51H,(H,42,52)(H,43,53)(H,44,49)(H,54,55)(H,56,57)(H,58,59,60)(H,61,62,63). The number of rotatable bonds is 12. The van der Waals surface area contributed by atoms with Gasteiger partial charge in [0.15, 0.2) is 11.5 Å². The topological polar surface area (TPSA) is 365 Å². The second-order valence-electron chi connectivity index (χ2n) is 13.6. The van der Waals surface area contributed by atoms with E-state index < -0.39 is 93.8 Å². The third-order valence-corrected chi connectivity index (χ3v) is 10.9. The summed E-state index contributed by atoms with van der Waals surface area (Å²) >= 11 is 0. The molecule has 9 N–H and O–H groups in total. The molecule has 0 spiro atoms. The molecule has 6 aromatic carbocycles. The van der Waals surface area contributed by atoms with Crippen molar-refractivity contribution in [2.24, 2.45) is 20.5 Å². The smallest absolute Gasteiger partial charge is 0.335 e. The van der Waals surface area contributed by atoms with Crippen LogP contribution < -0.4 is 10.6 Å². The number of anilines is 2. The third-order valence-electron chi connectivity index (χ3n) is 9.17. The van der Waals surface area contributed by atoms with Crippen LogP contribution in [0.25, 0.3) is 21.5 Å². The summed E-state index contributed by atoms with van der Waals surface area (Å²) in [5, 5.41) is 70.9. The lowest BCUT2D eigenvalue weighted by atomic mass is 10.1. The SMILES string of the molecule is O=C(O)c1cccc(N=Nc2c(S(=O)(=O)O)cc3cc(NC(=O)c4cc(O)cc(C(=O)Nc5ccc6c(O)c(N=Nc7cccc(C(=O)O)c7)c(S(=O)(=O)O)cc6c5)n4)ccc3c2O)c1. The summed E-state index contributed by atoms with van der Waals surface area (Å²) in [4.78, 5) is 51.6. The molecule has 328 valence electrons. The van der Waals surface area contributed by atoms with E-state index in [1.807, 2.05) is 0 Å². The minimum Gasteiger partial charge on any atom is -0.508 e. The van der Waals surface area contributed by atoms with E-state index in [-0.39, 0.29) is 55.4 Å². The maximum atomic E-state index is 13.4. The van der Waals surface area contributed by atoms with Gasteiger partial charge in [-0.2, -0.15) is 27.1 Å². The summed E-state index contributed by atoms with van der Waals surface area (Å²) in [6, 6.07) is 21.5. The van der Waals surface area contributed by atoms with Crippen LogP contribution in [0.1, 0.15) is 41.7 Å². The maximum Gasteiger partial charge on any atom is 0.335 e. The summed E-state index contributed by atoms with van der Waals surface area (Å²) in [6.45, 7) is 0. The number of aromatic carboxylic acids is 2. The Morgan fingerprint density at radius 2 is 0.908 bits per heavy atom. The molecule has 0 aliphatic carbocycles. The van der Waals surface area contributed by atoms with Crippen molar-refractivity contribution in [3.63, 3.8) is 0 Å². The molecular weight excluding hydrogens is 895 g/mol. The minimum atomic E-state index is -5.07. The monoisotopic (exact) mass is 921 g/mol. The van der Waals surface area contributed by atoms with E-state index in [2.05, 4.69) is 36.1 Å². The lowest BCUT2D eigenvalue weighted by Gasteiger charge is -2.12. The molecule has 0 unspecified atom stereocenters. The number of amides is 2. The van der Waals surface area contributed by atoms with Crippen LogP contribution in [0.2, 0.25) is 0 Å². The lowest BCUT2D eigenvalue weighted by Crippen LogP contribution is -2.18. The Bertz CT molecular complexity index is 3260. The van der Waals surface area contributed by atoms with Crippen molar-refractivity contribution in [2.75, 3.05) is 10.6 Å². The number of hydrogen-bond donors (Lipinski definition) is 9. The van der Waals surface area contributed by atoms with Gasteiger partial charge >= 0.3 is 11.9 Å². The molecule has 0 atom stereocenters. The van der Waals surface area contributed by atoms with Gasteiger partial charge in [-0.05, 0) is 95.7 Å². The second kappa shape index (κ2) is 17.2. The first-order chi connectivity index (χ1) is 30.7. The number of aromatic hydroxyl groups is 3. The van der Waals surface area contributed by atoms with Gasteiger partial charge in [-0.1, -0.05) is 12.1 Å². The van der Waals surface area contributed by atoms with Crippen molar-refractivity contribution >= 4 is 99.7 Å². The zero-order valence-electron chi connectivity index (χ0n) is 32.3. The fraction of sp³-hybridized carbons (Fsp3) is 0. The molecule has 22 nitrogen and oxygen atoms in total. The van der Waals surface area contributed by atoms with E-state index in [1.165, 1.54) is 72.8 Å². The number of carboxylic acid groups (broad SMARTS) is 2. The highest BCUT2D eigenvalue weighted by atomic mass is 32.2. The summed E-state index contributed by atoms with van der Waals surface area (Å²) < 4.78 is 69.5. The molecule has 24 heteroatoms. The molecule has 7 aromatic rings. The van der Waals surface area contributed by atoms with Gasteiger partial charge in [0.25, 0.3) is 32.1 Å². The normalized spacial score (nSPS) is 11.9. The molecule has 0 saturated carbocycles. The Hall–Kier alpha value is -8.71. The number of phenolic OH excluding ortho intramolecular Hbond substituents is 2. The van der Waals surface area contributed by atoms with Crippen molar-refractivity contribution in [1.29, 1.82) is 0 Å². The van der Waals surface area contributed by atoms with E-state index in [4.69, 9.17) is 0 Å². The number of fused-ring (bicyclic) bond motifs is 2.